The van der Waals surface area contributed by atoms with Gasteiger partial charge in [0.2, 0.25) is 5.88 Å². The normalized spacial score (nSPS) is 12.0. The van der Waals surface area contributed by atoms with Crippen molar-refractivity contribution in [1.82, 2.24) is 14.7 Å². The van der Waals surface area contributed by atoms with Crippen LogP contribution < -0.4 is 9.47 Å². The van der Waals surface area contributed by atoms with Crippen molar-refractivity contribution < 1.29 is 23.4 Å². The summed E-state index contributed by atoms with van der Waals surface area (Å²) in [5, 5.41) is 15.8. The first-order valence-electron chi connectivity index (χ1n) is 13.1. The summed E-state index contributed by atoms with van der Waals surface area (Å²) in [5.74, 6) is 1.96. The van der Waals surface area contributed by atoms with Crippen molar-refractivity contribution in [3.8, 4) is 28.6 Å². The largest absolute Gasteiger partial charge is 0.491 e. The van der Waals surface area contributed by atoms with Crippen molar-refractivity contribution in [3.63, 3.8) is 0 Å². The van der Waals surface area contributed by atoms with Gasteiger partial charge in [-0.1, -0.05) is 54.6 Å². The number of aliphatic hydroxyl groups excluding tert-OH is 1. The van der Waals surface area contributed by atoms with Gasteiger partial charge in [0.25, 0.3) is 0 Å². The number of aryl methyl sites for hydroxylation is 2. The van der Waals surface area contributed by atoms with Crippen LogP contribution in [0, 0.1) is 12.7 Å². The van der Waals surface area contributed by atoms with Crippen LogP contribution in [0.25, 0.3) is 11.3 Å². The number of furan rings is 1. The number of benzene rings is 3. The fraction of sp³-hybridized carbons (Fsp3) is 0.219. The molecule has 206 valence electrons. The summed E-state index contributed by atoms with van der Waals surface area (Å²) in [6.45, 7) is 3.22. The number of aromatic nitrogens is 2. The molecule has 7 nitrogen and oxygen atoms in total. The van der Waals surface area contributed by atoms with E-state index >= 15 is 0 Å². The van der Waals surface area contributed by atoms with Gasteiger partial charge in [0.1, 0.15) is 41.5 Å². The molecule has 1 atom stereocenters. The number of ether oxygens (including phenoxy) is 2. The minimum atomic E-state index is -0.779. The van der Waals surface area contributed by atoms with E-state index in [1.54, 1.807) is 30.1 Å². The minimum absolute atomic E-state index is 0.130. The smallest absolute Gasteiger partial charge is 0.222 e. The maximum Gasteiger partial charge on any atom is 0.222 e. The van der Waals surface area contributed by atoms with E-state index in [4.69, 9.17) is 19.0 Å². The predicted molar refractivity (Wildman–Crippen MR) is 151 cm³/mol. The third-order valence-electron chi connectivity index (χ3n) is 6.48. The quantitative estimate of drug-likeness (QED) is 0.198. The van der Waals surface area contributed by atoms with Crippen LogP contribution in [-0.2, 0) is 20.1 Å². The van der Waals surface area contributed by atoms with Crippen LogP contribution in [0.1, 0.15) is 16.9 Å². The van der Waals surface area contributed by atoms with Crippen LogP contribution in [0.2, 0.25) is 0 Å². The monoisotopic (exact) mass is 541 g/mol. The van der Waals surface area contributed by atoms with E-state index in [1.165, 1.54) is 12.1 Å². The summed E-state index contributed by atoms with van der Waals surface area (Å²) in [4.78, 5) is 2.06. The molecule has 0 spiro atoms. The number of aliphatic hydroxyl groups is 1. The fourth-order valence-electron chi connectivity index (χ4n) is 4.58. The van der Waals surface area contributed by atoms with E-state index in [1.807, 2.05) is 73.7 Å². The van der Waals surface area contributed by atoms with Gasteiger partial charge in [-0.2, -0.15) is 5.10 Å². The molecule has 0 fully saturated rings. The van der Waals surface area contributed by atoms with Gasteiger partial charge in [-0.3, -0.25) is 4.90 Å². The van der Waals surface area contributed by atoms with Crippen molar-refractivity contribution >= 4 is 0 Å². The Hall–Kier alpha value is -4.40. The zero-order valence-electron chi connectivity index (χ0n) is 22.5. The summed E-state index contributed by atoms with van der Waals surface area (Å²) in [6, 6.07) is 27.3. The Morgan fingerprint density at radius 2 is 1.77 bits per heavy atom. The fourth-order valence-corrected chi connectivity index (χ4v) is 4.58. The third-order valence-corrected chi connectivity index (χ3v) is 6.48. The van der Waals surface area contributed by atoms with Crippen LogP contribution in [0.15, 0.2) is 102 Å². The summed E-state index contributed by atoms with van der Waals surface area (Å²) in [5.41, 5.74) is 3.47. The topological polar surface area (TPSA) is 72.9 Å². The maximum atomic E-state index is 14.0. The van der Waals surface area contributed by atoms with Gasteiger partial charge in [-0.05, 0) is 42.8 Å². The average molecular weight is 542 g/mol. The minimum Gasteiger partial charge on any atom is -0.491 e. The first-order valence-corrected chi connectivity index (χ1v) is 13.1. The molecule has 2 aromatic heterocycles. The predicted octanol–water partition coefficient (Wildman–Crippen LogP) is 6.36. The lowest BCUT2D eigenvalue weighted by atomic mass is 10.1. The second-order valence-corrected chi connectivity index (χ2v) is 9.66. The molecule has 5 aromatic rings. The lowest BCUT2D eigenvalue weighted by Crippen LogP contribution is -2.35. The number of para-hydroxylation sites is 1. The van der Waals surface area contributed by atoms with Crippen molar-refractivity contribution in [2.45, 2.75) is 26.1 Å². The van der Waals surface area contributed by atoms with E-state index in [9.17, 15) is 9.50 Å². The van der Waals surface area contributed by atoms with Crippen molar-refractivity contribution in [2.75, 3.05) is 13.2 Å². The van der Waals surface area contributed by atoms with Crippen LogP contribution in [0.4, 0.5) is 4.39 Å². The highest BCUT2D eigenvalue weighted by Gasteiger charge is 2.24. The van der Waals surface area contributed by atoms with Gasteiger partial charge in [0.15, 0.2) is 0 Å². The Kier molecular flexibility index (Phi) is 8.59. The van der Waals surface area contributed by atoms with Gasteiger partial charge in [0.05, 0.1) is 18.4 Å². The van der Waals surface area contributed by atoms with Gasteiger partial charge < -0.3 is 19.0 Å². The third kappa shape index (κ3) is 6.77. The Morgan fingerprint density at radius 1 is 0.975 bits per heavy atom. The van der Waals surface area contributed by atoms with Crippen LogP contribution in [0.3, 0.4) is 0 Å². The Bertz CT molecular complexity index is 1520. The summed E-state index contributed by atoms with van der Waals surface area (Å²) in [6.07, 6.45) is 0.849. The second kappa shape index (κ2) is 12.6. The highest BCUT2D eigenvalue weighted by molar-refractivity contribution is 5.65. The molecule has 0 saturated carbocycles. The van der Waals surface area contributed by atoms with E-state index in [-0.39, 0.29) is 12.4 Å². The summed E-state index contributed by atoms with van der Waals surface area (Å²) >= 11 is 0. The summed E-state index contributed by atoms with van der Waals surface area (Å²) in [7, 11) is 1.80. The van der Waals surface area contributed by atoms with Gasteiger partial charge >= 0.3 is 0 Å². The average Bonchev–Trinajstić information content (AvgIpc) is 3.57. The van der Waals surface area contributed by atoms with E-state index in [2.05, 4.69) is 4.90 Å². The molecular weight excluding hydrogens is 509 g/mol. The van der Waals surface area contributed by atoms with E-state index < -0.39 is 6.10 Å². The zero-order valence-corrected chi connectivity index (χ0v) is 22.5. The number of nitrogens with zero attached hydrogens (tertiary/aromatic N) is 3. The Balaban J connectivity index is 1.44. The van der Waals surface area contributed by atoms with Crippen LogP contribution in [-0.4, -0.2) is 39.0 Å². The molecule has 8 heteroatoms. The number of hydrogen-bond donors (Lipinski definition) is 1. The Labute approximate surface area is 233 Å². The SMILES string of the molecule is Cc1ccccc1OC[C@H](O)CN(Cc1ccco1)Cc1c(-c2ccccc2)nn(C)c1Oc1cccc(F)c1. The summed E-state index contributed by atoms with van der Waals surface area (Å²) < 4.78 is 33.4. The molecule has 5 rings (SSSR count). The second-order valence-electron chi connectivity index (χ2n) is 9.66. The van der Waals surface area contributed by atoms with Crippen molar-refractivity contribution in [3.05, 3.63) is 120 Å². The van der Waals surface area contributed by atoms with E-state index in [0.717, 1.165) is 33.9 Å². The number of hydrogen-bond acceptors (Lipinski definition) is 6. The number of rotatable bonds is 12. The molecule has 1 N–H and O–H groups in total. The molecule has 0 aliphatic heterocycles. The molecule has 0 radical (unpaired) electrons. The van der Waals surface area contributed by atoms with Crippen LogP contribution in [0.5, 0.6) is 17.4 Å². The maximum absolute atomic E-state index is 14.0. The Morgan fingerprint density at radius 3 is 2.52 bits per heavy atom. The zero-order chi connectivity index (χ0) is 27.9. The number of halogens is 1. The molecule has 40 heavy (non-hydrogen) atoms. The van der Waals surface area contributed by atoms with Crippen molar-refractivity contribution in [2.24, 2.45) is 7.05 Å². The molecule has 0 aliphatic carbocycles. The highest BCUT2D eigenvalue weighted by atomic mass is 19.1. The lowest BCUT2D eigenvalue weighted by Gasteiger charge is -2.25. The first-order chi connectivity index (χ1) is 19.5. The molecule has 0 bridgehead atoms. The van der Waals surface area contributed by atoms with Gasteiger partial charge in [0, 0.05) is 31.8 Å². The molecular formula is C32H32FN3O4. The van der Waals surface area contributed by atoms with Gasteiger partial charge in [-0.25, -0.2) is 9.07 Å². The lowest BCUT2D eigenvalue weighted by molar-refractivity contribution is 0.0600. The van der Waals surface area contributed by atoms with E-state index in [0.29, 0.717) is 31.3 Å². The molecule has 0 aliphatic rings. The molecule has 3 aromatic carbocycles. The molecule has 0 unspecified atom stereocenters. The molecule has 0 amide bonds. The molecule has 2 heterocycles. The first kappa shape index (κ1) is 27.2. The van der Waals surface area contributed by atoms with Crippen LogP contribution >= 0.6 is 0 Å². The van der Waals surface area contributed by atoms with Gasteiger partial charge in [-0.15, -0.1) is 0 Å². The molecule has 0 saturated heterocycles. The van der Waals surface area contributed by atoms with Crippen molar-refractivity contribution in [1.29, 1.82) is 0 Å². The highest BCUT2D eigenvalue weighted by Crippen LogP contribution is 2.34. The standard InChI is InChI=1S/C32H32FN3O4/c1-23-10-6-7-16-30(23)39-22-26(37)19-36(20-28-15-9-17-38-28)21-29-31(24-11-4-3-5-12-24)34-35(2)32(29)40-27-14-8-13-25(33)18-27/h3-18,26,37H,19-22H2,1-2H3/t26-/m1/s1.